The highest BCUT2D eigenvalue weighted by Gasteiger charge is 2.08. The minimum absolute atomic E-state index is 0.243. The molecule has 2 aromatic carbocycles. The van der Waals surface area contributed by atoms with E-state index in [2.05, 4.69) is 21.2 Å². The average Bonchev–Trinajstić information content (AvgIpc) is 2.44. The molecular formula is C15H10BrCl2NO3. The van der Waals surface area contributed by atoms with Crippen molar-refractivity contribution in [3.63, 3.8) is 0 Å². The fourth-order valence-electron chi connectivity index (χ4n) is 1.71. The predicted octanol–water partition coefficient (Wildman–Crippen LogP) is 4.59. The van der Waals surface area contributed by atoms with Gasteiger partial charge in [-0.3, -0.25) is 9.59 Å². The largest absolute Gasteiger partial charge is 0.483 e. The number of benzene rings is 2. The highest BCUT2D eigenvalue weighted by Crippen LogP contribution is 2.23. The molecule has 0 saturated heterocycles. The zero-order valence-electron chi connectivity index (χ0n) is 11.1. The Kier molecular flexibility index (Phi) is 5.83. The summed E-state index contributed by atoms with van der Waals surface area (Å²) in [6.45, 7) is -0.243. The molecule has 0 aliphatic rings. The molecule has 0 unspecified atom stereocenters. The lowest BCUT2D eigenvalue weighted by molar-refractivity contribution is -0.118. The third-order valence-corrected chi connectivity index (χ3v) is 3.53. The van der Waals surface area contributed by atoms with Gasteiger partial charge < -0.3 is 10.1 Å². The van der Waals surface area contributed by atoms with Gasteiger partial charge in [-0.2, -0.15) is 0 Å². The SMILES string of the molecule is O=Cc1cc(Br)ccc1OCC(=O)Nc1cc(Cl)cc(Cl)c1. The number of aldehydes is 1. The Labute approximate surface area is 145 Å². The quantitative estimate of drug-likeness (QED) is 0.744. The van der Waals surface area contributed by atoms with Crippen molar-refractivity contribution in [2.75, 3.05) is 11.9 Å². The minimum atomic E-state index is -0.391. The van der Waals surface area contributed by atoms with E-state index in [4.69, 9.17) is 27.9 Å². The first kappa shape index (κ1) is 16.8. The summed E-state index contributed by atoms with van der Waals surface area (Å²) in [7, 11) is 0. The molecule has 4 nitrogen and oxygen atoms in total. The van der Waals surface area contributed by atoms with Gasteiger partial charge in [0.2, 0.25) is 0 Å². The highest BCUT2D eigenvalue weighted by molar-refractivity contribution is 9.10. The molecule has 1 N–H and O–H groups in total. The first-order valence-electron chi connectivity index (χ1n) is 6.11. The van der Waals surface area contributed by atoms with Gasteiger partial charge in [0.15, 0.2) is 12.9 Å². The van der Waals surface area contributed by atoms with Crippen LogP contribution in [0, 0.1) is 0 Å². The van der Waals surface area contributed by atoms with Crippen LogP contribution in [-0.4, -0.2) is 18.8 Å². The minimum Gasteiger partial charge on any atom is -0.483 e. The normalized spacial score (nSPS) is 10.1. The van der Waals surface area contributed by atoms with Gasteiger partial charge in [0, 0.05) is 20.2 Å². The van der Waals surface area contributed by atoms with E-state index in [-0.39, 0.29) is 6.61 Å². The summed E-state index contributed by atoms with van der Waals surface area (Å²) >= 11 is 15.0. The van der Waals surface area contributed by atoms with Crippen molar-refractivity contribution in [2.24, 2.45) is 0 Å². The molecule has 0 heterocycles. The van der Waals surface area contributed by atoms with Crippen LogP contribution in [-0.2, 0) is 4.79 Å². The van der Waals surface area contributed by atoms with E-state index in [0.717, 1.165) is 4.47 Å². The summed E-state index contributed by atoms with van der Waals surface area (Å²) in [5.41, 5.74) is 0.825. The number of carbonyl (C=O) groups excluding carboxylic acids is 2. The van der Waals surface area contributed by atoms with Gasteiger partial charge in [0.1, 0.15) is 5.75 Å². The number of ether oxygens (including phenoxy) is 1. The van der Waals surface area contributed by atoms with E-state index in [0.29, 0.717) is 33.3 Å². The van der Waals surface area contributed by atoms with Crippen molar-refractivity contribution in [1.29, 1.82) is 0 Å². The van der Waals surface area contributed by atoms with Gasteiger partial charge in [0.05, 0.1) is 5.56 Å². The topological polar surface area (TPSA) is 55.4 Å². The fraction of sp³-hybridized carbons (Fsp3) is 0.0667. The number of rotatable bonds is 5. The average molecular weight is 403 g/mol. The molecule has 0 aromatic heterocycles. The van der Waals surface area contributed by atoms with E-state index in [1.807, 2.05) is 0 Å². The molecule has 0 saturated carbocycles. The number of carbonyl (C=O) groups is 2. The summed E-state index contributed by atoms with van der Waals surface area (Å²) in [5, 5.41) is 3.45. The standard InChI is InChI=1S/C15H10BrCl2NO3/c16-10-1-2-14(9(3-10)7-20)22-8-15(21)19-13-5-11(17)4-12(18)6-13/h1-7H,8H2,(H,19,21). The summed E-state index contributed by atoms with van der Waals surface area (Å²) in [6.07, 6.45) is 0.661. The monoisotopic (exact) mass is 401 g/mol. The van der Waals surface area contributed by atoms with E-state index in [1.165, 1.54) is 0 Å². The van der Waals surface area contributed by atoms with Crippen LogP contribution in [0.3, 0.4) is 0 Å². The van der Waals surface area contributed by atoms with Crippen LogP contribution < -0.4 is 10.1 Å². The Hall–Kier alpha value is -1.56. The second-order valence-corrected chi connectivity index (χ2v) is 6.08. The van der Waals surface area contributed by atoms with E-state index in [1.54, 1.807) is 36.4 Å². The van der Waals surface area contributed by atoms with Gasteiger partial charge in [-0.1, -0.05) is 39.1 Å². The highest BCUT2D eigenvalue weighted by atomic mass is 79.9. The van der Waals surface area contributed by atoms with Crippen molar-refractivity contribution >= 4 is 57.0 Å². The molecular weight excluding hydrogens is 393 g/mol. The molecule has 2 aromatic rings. The maximum atomic E-state index is 11.9. The zero-order chi connectivity index (χ0) is 16.1. The molecule has 2 rings (SSSR count). The Balaban J connectivity index is 1.99. The van der Waals surface area contributed by atoms with Gasteiger partial charge in [-0.05, 0) is 36.4 Å². The Morgan fingerprint density at radius 1 is 1.18 bits per heavy atom. The molecule has 114 valence electrons. The molecule has 0 radical (unpaired) electrons. The van der Waals surface area contributed by atoms with Crippen molar-refractivity contribution in [3.8, 4) is 5.75 Å². The third-order valence-electron chi connectivity index (χ3n) is 2.60. The van der Waals surface area contributed by atoms with Crippen LogP contribution in [0.2, 0.25) is 10.0 Å². The molecule has 0 fully saturated rings. The van der Waals surface area contributed by atoms with Crippen molar-refractivity contribution in [2.45, 2.75) is 0 Å². The second kappa shape index (κ2) is 7.63. The van der Waals surface area contributed by atoms with Crippen molar-refractivity contribution in [1.82, 2.24) is 0 Å². The smallest absolute Gasteiger partial charge is 0.262 e. The van der Waals surface area contributed by atoms with Crippen LogP contribution in [0.1, 0.15) is 10.4 Å². The van der Waals surface area contributed by atoms with E-state index in [9.17, 15) is 9.59 Å². The van der Waals surface area contributed by atoms with Gasteiger partial charge in [-0.15, -0.1) is 0 Å². The molecule has 0 bridgehead atoms. The third kappa shape index (κ3) is 4.73. The Bertz CT molecular complexity index is 702. The summed E-state index contributed by atoms with van der Waals surface area (Å²) in [4.78, 5) is 22.8. The van der Waals surface area contributed by atoms with Gasteiger partial charge in [-0.25, -0.2) is 0 Å². The maximum absolute atomic E-state index is 11.9. The van der Waals surface area contributed by atoms with Crippen molar-refractivity contribution < 1.29 is 14.3 Å². The molecule has 1 amide bonds. The van der Waals surface area contributed by atoms with E-state index >= 15 is 0 Å². The molecule has 0 spiro atoms. The lowest BCUT2D eigenvalue weighted by Gasteiger charge is -2.10. The van der Waals surface area contributed by atoms with Crippen LogP contribution in [0.15, 0.2) is 40.9 Å². The fourth-order valence-corrected chi connectivity index (χ4v) is 2.61. The number of halogens is 3. The number of amides is 1. The zero-order valence-corrected chi connectivity index (χ0v) is 14.2. The van der Waals surface area contributed by atoms with Gasteiger partial charge >= 0.3 is 0 Å². The second-order valence-electron chi connectivity index (χ2n) is 4.29. The summed E-state index contributed by atoms with van der Waals surface area (Å²) in [6, 6.07) is 9.64. The van der Waals surface area contributed by atoms with Crippen LogP contribution in [0.25, 0.3) is 0 Å². The predicted molar refractivity (Wildman–Crippen MR) is 90.1 cm³/mol. The van der Waals surface area contributed by atoms with Crippen molar-refractivity contribution in [3.05, 3.63) is 56.5 Å². The number of nitrogens with one attached hydrogen (secondary N) is 1. The lowest BCUT2D eigenvalue weighted by atomic mass is 10.2. The summed E-state index contributed by atoms with van der Waals surface area (Å²) < 4.78 is 6.10. The van der Waals surface area contributed by atoms with Crippen LogP contribution in [0.4, 0.5) is 5.69 Å². The van der Waals surface area contributed by atoms with Gasteiger partial charge in [0.25, 0.3) is 5.91 Å². The lowest BCUT2D eigenvalue weighted by Crippen LogP contribution is -2.20. The number of hydrogen-bond acceptors (Lipinski definition) is 3. The number of hydrogen-bond donors (Lipinski definition) is 1. The summed E-state index contributed by atoms with van der Waals surface area (Å²) in [5.74, 6) is -0.0597. The molecule has 0 aliphatic heterocycles. The molecule has 0 aliphatic carbocycles. The van der Waals surface area contributed by atoms with Crippen LogP contribution in [0.5, 0.6) is 5.75 Å². The molecule has 0 atom stereocenters. The first-order chi connectivity index (χ1) is 10.5. The van der Waals surface area contributed by atoms with Crippen LogP contribution >= 0.6 is 39.1 Å². The molecule has 22 heavy (non-hydrogen) atoms. The first-order valence-corrected chi connectivity index (χ1v) is 7.66. The molecule has 7 heteroatoms. The Morgan fingerprint density at radius 2 is 1.86 bits per heavy atom. The number of anilines is 1. The van der Waals surface area contributed by atoms with E-state index < -0.39 is 5.91 Å². The maximum Gasteiger partial charge on any atom is 0.262 e. The Morgan fingerprint density at radius 3 is 2.50 bits per heavy atom.